The smallest absolute Gasteiger partial charge is 0.256 e. The van der Waals surface area contributed by atoms with E-state index < -0.39 is 0 Å². The van der Waals surface area contributed by atoms with Gasteiger partial charge in [0.1, 0.15) is 18.1 Å². The Morgan fingerprint density at radius 1 is 1.13 bits per heavy atom. The number of hydrogen-bond acceptors (Lipinski definition) is 6. The molecule has 30 heavy (non-hydrogen) atoms. The quantitative estimate of drug-likeness (QED) is 0.505. The molecule has 152 valence electrons. The number of anilines is 1. The lowest BCUT2D eigenvalue weighted by Gasteiger charge is -2.07. The van der Waals surface area contributed by atoms with Crippen molar-refractivity contribution in [3.8, 4) is 5.75 Å². The Balaban J connectivity index is 1.34. The van der Waals surface area contributed by atoms with Crippen LogP contribution in [0.3, 0.4) is 0 Å². The highest BCUT2D eigenvalue weighted by Crippen LogP contribution is 2.18. The fraction of sp³-hybridized carbons (Fsp3) is 0.182. The maximum atomic E-state index is 12.5. The van der Waals surface area contributed by atoms with Gasteiger partial charge in [0, 0.05) is 24.0 Å². The van der Waals surface area contributed by atoms with E-state index in [0.717, 1.165) is 22.7 Å². The van der Waals surface area contributed by atoms with Crippen LogP contribution in [0.4, 0.5) is 5.82 Å². The molecule has 0 atom stereocenters. The van der Waals surface area contributed by atoms with Crippen LogP contribution >= 0.6 is 0 Å². The molecule has 8 heteroatoms. The van der Waals surface area contributed by atoms with Crippen molar-refractivity contribution in [1.29, 1.82) is 0 Å². The third kappa shape index (κ3) is 4.54. The molecule has 0 saturated heterocycles. The van der Waals surface area contributed by atoms with Gasteiger partial charge in [0.05, 0.1) is 23.5 Å². The minimum atomic E-state index is -0.240. The zero-order chi connectivity index (χ0) is 20.9. The maximum Gasteiger partial charge on any atom is 0.256 e. The molecule has 0 spiro atoms. The molecule has 0 aliphatic carbocycles. The highest BCUT2D eigenvalue weighted by atomic mass is 16.5. The largest absolute Gasteiger partial charge is 0.489 e. The Morgan fingerprint density at radius 2 is 1.97 bits per heavy atom. The Hall–Kier alpha value is -3.94. The van der Waals surface area contributed by atoms with Crippen molar-refractivity contribution in [2.75, 3.05) is 5.32 Å². The average Bonchev–Trinajstić information content (AvgIpc) is 3.33. The molecule has 0 radical (unpaired) electrons. The van der Waals surface area contributed by atoms with E-state index in [1.807, 2.05) is 32.0 Å². The lowest BCUT2D eigenvalue weighted by atomic mass is 10.2. The Morgan fingerprint density at radius 3 is 2.67 bits per heavy atom. The number of aromatic nitrogens is 4. The Labute approximate surface area is 173 Å². The summed E-state index contributed by atoms with van der Waals surface area (Å²) in [5.74, 6) is 1.64. The second-order valence-electron chi connectivity index (χ2n) is 6.79. The van der Waals surface area contributed by atoms with Crippen molar-refractivity contribution >= 4 is 11.7 Å². The summed E-state index contributed by atoms with van der Waals surface area (Å²) in [5, 5.41) is 11.1. The van der Waals surface area contributed by atoms with Crippen molar-refractivity contribution < 1.29 is 14.1 Å². The highest BCUT2D eigenvalue weighted by molar-refractivity contribution is 6.03. The molecule has 0 unspecified atom stereocenters. The van der Waals surface area contributed by atoms with Crippen LogP contribution in [0.5, 0.6) is 5.75 Å². The molecule has 8 nitrogen and oxygen atoms in total. The molecule has 1 aromatic carbocycles. The molecule has 4 rings (SSSR count). The molecule has 0 aliphatic rings. The van der Waals surface area contributed by atoms with E-state index in [0.29, 0.717) is 30.3 Å². The van der Waals surface area contributed by atoms with E-state index in [2.05, 4.69) is 20.6 Å². The van der Waals surface area contributed by atoms with Crippen LogP contribution in [0.1, 0.15) is 33.1 Å². The van der Waals surface area contributed by atoms with Crippen molar-refractivity contribution in [3.05, 3.63) is 89.2 Å². The van der Waals surface area contributed by atoms with E-state index in [1.165, 1.54) is 0 Å². The first-order valence-corrected chi connectivity index (χ1v) is 9.48. The van der Waals surface area contributed by atoms with E-state index in [9.17, 15) is 4.79 Å². The van der Waals surface area contributed by atoms with Crippen LogP contribution < -0.4 is 10.1 Å². The molecule has 0 fully saturated rings. The first kappa shape index (κ1) is 19.4. The summed E-state index contributed by atoms with van der Waals surface area (Å²) in [5.41, 5.74) is 3.15. The number of aryl methyl sites for hydroxylation is 2. The number of rotatable bonds is 7. The van der Waals surface area contributed by atoms with Gasteiger partial charge in [0.25, 0.3) is 5.91 Å². The summed E-state index contributed by atoms with van der Waals surface area (Å²) < 4.78 is 12.6. The number of amides is 1. The molecule has 3 heterocycles. The van der Waals surface area contributed by atoms with Gasteiger partial charge in [-0.25, -0.2) is 0 Å². The van der Waals surface area contributed by atoms with Gasteiger partial charge in [-0.3, -0.25) is 14.5 Å². The molecule has 0 bridgehead atoms. The van der Waals surface area contributed by atoms with Crippen LogP contribution in [-0.2, 0) is 13.2 Å². The number of nitrogens with one attached hydrogen (secondary N) is 1. The van der Waals surface area contributed by atoms with Gasteiger partial charge < -0.3 is 14.6 Å². The first-order chi connectivity index (χ1) is 14.6. The maximum absolute atomic E-state index is 12.5. The second kappa shape index (κ2) is 8.60. The summed E-state index contributed by atoms with van der Waals surface area (Å²) in [7, 11) is 0. The van der Waals surface area contributed by atoms with Gasteiger partial charge >= 0.3 is 0 Å². The standard InChI is InChI=1S/C22H21N5O3/c1-15-20(16(2)30-26-15)14-29-19-8-6-17(7-9-19)22(28)24-21-10-12-27(25-21)13-18-5-3-4-11-23-18/h3-12H,13-14H2,1-2H3,(H,24,25,28). The third-order valence-electron chi connectivity index (χ3n) is 4.61. The number of carbonyl (C=O) groups excluding carboxylic acids is 1. The fourth-order valence-electron chi connectivity index (χ4n) is 2.93. The van der Waals surface area contributed by atoms with Crippen molar-refractivity contribution in [2.45, 2.75) is 27.0 Å². The predicted molar refractivity (Wildman–Crippen MR) is 110 cm³/mol. The van der Waals surface area contributed by atoms with Crippen LogP contribution in [-0.4, -0.2) is 25.8 Å². The molecule has 3 aromatic heterocycles. The van der Waals surface area contributed by atoms with E-state index >= 15 is 0 Å². The minimum absolute atomic E-state index is 0.240. The zero-order valence-corrected chi connectivity index (χ0v) is 16.7. The molecule has 0 saturated carbocycles. The van der Waals surface area contributed by atoms with Crippen LogP contribution in [0.15, 0.2) is 65.4 Å². The first-order valence-electron chi connectivity index (χ1n) is 9.48. The Bertz CT molecular complexity index is 1110. The normalized spacial score (nSPS) is 10.7. The highest BCUT2D eigenvalue weighted by Gasteiger charge is 2.11. The SMILES string of the molecule is Cc1noc(C)c1COc1ccc(C(=O)Nc2ccn(Cc3ccccn3)n2)cc1. The molecule has 0 aliphatic heterocycles. The molecule has 1 N–H and O–H groups in total. The van der Waals surface area contributed by atoms with Gasteiger partial charge in [-0.15, -0.1) is 0 Å². The fourth-order valence-corrected chi connectivity index (χ4v) is 2.93. The van der Waals surface area contributed by atoms with E-state index in [1.54, 1.807) is 47.4 Å². The number of benzene rings is 1. The number of carbonyl (C=O) groups is 1. The monoisotopic (exact) mass is 403 g/mol. The van der Waals surface area contributed by atoms with Crippen LogP contribution in [0.25, 0.3) is 0 Å². The van der Waals surface area contributed by atoms with Crippen molar-refractivity contribution in [3.63, 3.8) is 0 Å². The van der Waals surface area contributed by atoms with Crippen LogP contribution in [0.2, 0.25) is 0 Å². The summed E-state index contributed by atoms with van der Waals surface area (Å²) in [6.07, 6.45) is 3.54. The Kier molecular flexibility index (Phi) is 5.56. The molecule has 4 aromatic rings. The van der Waals surface area contributed by atoms with E-state index in [4.69, 9.17) is 9.26 Å². The molecular weight excluding hydrogens is 382 g/mol. The number of hydrogen-bond donors (Lipinski definition) is 1. The summed E-state index contributed by atoms with van der Waals surface area (Å²) in [6.45, 7) is 4.62. The zero-order valence-electron chi connectivity index (χ0n) is 16.7. The third-order valence-corrected chi connectivity index (χ3v) is 4.61. The summed E-state index contributed by atoms with van der Waals surface area (Å²) >= 11 is 0. The van der Waals surface area contributed by atoms with Crippen LogP contribution in [0, 0.1) is 13.8 Å². The van der Waals surface area contributed by atoms with Gasteiger partial charge in [-0.2, -0.15) is 5.10 Å². The average molecular weight is 403 g/mol. The predicted octanol–water partition coefficient (Wildman–Crippen LogP) is 3.76. The lowest BCUT2D eigenvalue weighted by Crippen LogP contribution is -2.13. The second-order valence-corrected chi connectivity index (χ2v) is 6.79. The van der Waals surface area contributed by atoms with Gasteiger partial charge in [-0.05, 0) is 50.2 Å². The lowest BCUT2D eigenvalue weighted by molar-refractivity contribution is 0.102. The summed E-state index contributed by atoms with van der Waals surface area (Å²) in [4.78, 5) is 16.8. The van der Waals surface area contributed by atoms with E-state index in [-0.39, 0.29) is 5.91 Å². The molecular formula is C22H21N5O3. The van der Waals surface area contributed by atoms with Crippen molar-refractivity contribution in [2.24, 2.45) is 0 Å². The van der Waals surface area contributed by atoms with Gasteiger partial charge in [0.2, 0.25) is 0 Å². The topological polar surface area (TPSA) is 95.1 Å². The van der Waals surface area contributed by atoms with Crippen molar-refractivity contribution in [1.82, 2.24) is 19.9 Å². The van der Waals surface area contributed by atoms with Gasteiger partial charge in [-0.1, -0.05) is 11.2 Å². The number of pyridine rings is 1. The van der Waals surface area contributed by atoms with Gasteiger partial charge in [0.15, 0.2) is 5.82 Å². The number of ether oxygens (including phenoxy) is 1. The number of nitrogens with zero attached hydrogens (tertiary/aromatic N) is 4. The minimum Gasteiger partial charge on any atom is -0.489 e. The molecule has 1 amide bonds. The summed E-state index contributed by atoms with van der Waals surface area (Å²) in [6, 6.07) is 14.4.